The summed E-state index contributed by atoms with van der Waals surface area (Å²) >= 11 is 0. The van der Waals surface area contributed by atoms with Crippen molar-refractivity contribution in [2.24, 2.45) is 5.73 Å². The van der Waals surface area contributed by atoms with Gasteiger partial charge in [0.15, 0.2) is 0 Å². The van der Waals surface area contributed by atoms with Gasteiger partial charge in [-0.25, -0.2) is 0 Å². The lowest BCUT2D eigenvalue weighted by atomic mass is 10.0. The summed E-state index contributed by atoms with van der Waals surface area (Å²) in [6.07, 6.45) is 0.927. The maximum Gasteiger partial charge on any atom is 0.0739 e. The van der Waals surface area contributed by atoms with Gasteiger partial charge in [0.05, 0.1) is 12.1 Å². The molecule has 0 spiro atoms. The van der Waals surface area contributed by atoms with E-state index in [9.17, 15) is 0 Å². The van der Waals surface area contributed by atoms with Crippen molar-refractivity contribution in [3.8, 4) is 0 Å². The van der Waals surface area contributed by atoms with Crippen LogP contribution in [0.25, 0.3) is 0 Å². The first-order valence-electron chi connectivity index (χ1n) is 6.08. The molecule has 0 saturated heterocycles. The van der Waals surface area contributed by atoms with Crippen molar-refractivity contribution < 1.29 is 9.47 Å². The molecule has 2 atom stereocenters. The van der Waals surface area contributed by atoms with E-state index in [1.165, 1.54) is 5.56 Å². The van der Waals surface area contributed by atoms with E-state index in [-0.39, 0.29) is 12.1 Å². The molecule has 2 N–H and O–H groups in total. The smallest absolute Gasteiger partial charge is 0.0739 e. The molecule has 0 aromatic heterocycles. The van der Waals surface area contributed by atoms with Crippen LogP contribution in [0.4, 0.5) is 0 Å². The highest BCUT2D eigenvalue weighted by atomic mass is 16.5. The monoisotopic (exact) mass is 237 g/mol. The standard InChI is InChI=1S/C14H23NO2/c1-11-5-7-13(8-6-11)14(15)12(2)17-10-4-9-16-3/h5-8,12,14H,4,9-10,15H2,1-3H3. The lowest BCUT2D eigenvalue weighted by molar-refractivity contribution is 0.0352. The molecule has 0 saturated carbocycles. The molecule has 0 fully saturated rings. The van der Waals surface area contributed by atoms with Gasteiger partial charge in [-0.05, 0) is 25.8 Å². The van der Waals surface area contributed by atoms with Crippen LogP contribution in [0.1, 0.15) is 30.5 Å². The van der Waals surface area contributed by atoms with Crippen LogP contribution in [-0.2, 0) is 9.47 Å². The summed E-state index contributed by atoms with van der Waals surface area (Å²) in [5.41, 5.74) is 8.51. The van der Waals surface area contributed by atoms with Gasteiger partial charge in [0.1, 0.15) is 0 Å². The molecule has 3 nitrogen and oxygen atoms in total. The van der Waals surface area contributed by atoms with Crippen LogP contribution < -0.4 is 5.73 Å². The number of ether oxygens (including phenoxy) is 2. The van der Waals surface area contributed by atoms with E-state index in [1.807, 2.05) is 6.92 Å². The predicted molar refractivity (Wildman–Crippen MR) is 70.0 cm³/mol. The molecule has 0 aliphatic carbocycles. The summed E-state index contributed by atoms with van der Waals surface area (Å²) in [4.78, 5) is 0. The van der Waals surface area contributed by atoms with Crippen LogP contribution >= 0.6 is 0 Å². The molecule has 1 aromatic carbocycles. The summed E-state index contributed by atoms with van der Waals surface area (Å²) in [6, 6.07) is 8.21. The fourth-order valence-corrected chi connectivity index (χ4v) is 1.64. The Kier molecular flexibility index (Phi) is 6.19. The van der Waals surface area contributed by atoms with Gasteiger partial charge in [-0.15, -0.1) is 0 Å². The zero-order valence-electron chi connectivity index (χ0n) is 11.0. The van der Waals surface area contributed by atoms with Crippen LogP contribution in [0, 0.1) is 6.92 Å². The Balaban J connectivity index is 2.40. The van der Waals surface area contributed by atoms with E-state index >= 15 is 0 Å². The Labute approximate surface area is 104 Å². The van der Waals surface area contributed by atoms with Crippen molar-refractivity contribution in [2.75, 3.05) is 20.3 Å². The number of benzene rings is 1. The van der Waals surface area contributed by atoms with Crippen molar-refractivity contribution in [1.29, 1.82) is 0 Å². The first-order valence-corrected chi connectivity index (χ1v) is 6.08. The van der Waals surface area contributed by atoms with Gasteiger partial charge in [-0.3, -0.25) is 0 Å². The average molecular weight is 237 g/mol. The molecule has 1 rings (SSSR count). The molecule has 0 heterocycles. The third-order valence-corrected chi connectivity index (χ3v) is 2.84. The van der Waals surface area contributed by atoms with Gasteiger partial charge in [0, 0.05) is 20.3 Å². The number of hydrogen-bond acceptors (Lipinski definition) is 3. The molecule has 0 amide bonds. The molecule has 0 bridgehead atoms. The average Bonchev–Trinajstić information content (AvgIpc) is 2.34. The molecule has 0 aliphatic heterocycles. The molecule has 96 valence electrons. The summed E-state index contributed by atoms with van der Waals surface area (Å²) in [6.45, 7) is 5.50. The van der Waals surface area contributed by atoms with Gasteiger partial charge in [-0.2, -0.15) is 0 Å². The van der Waals surface area contributed by atoms with Crippen molar-refractivity contribution in [3.63, 3.8) is 0 Å². The first kappa shape index (κ1) is 14.2. The largest absolute Gasteiger partial charge is 0.385 e. The number of rotatable bonds is 7. The van der Waals surface area contributed by atoms with Crippen molar-refractivity contribution in [1.82, 2.24) is 0 Å². The lowest BCUT2D eigenvalue weighted by Crippen LogP contribution is -2.26. The Bertz CT molecular complexity index is 311. The number of nitrogens with two attached hydrogens (primary N) is 1. The van der Waals surface area contributed by atoms with Crippen LogP contribution in [0.2, 0.25) is 0 Å². The van der Waals surface area contributed by atoms with Gasteiger partial charge in [0.2, 0.25) is 0 Å². The maximum atomic E-state index is 6.15. The highest BCUT2D eigenvalue weighted by Gasteiger charge is 2.14. The molecular weight excluding hydrogens is 214 g/mol. The molecule has 2 unspecified atom stereocenters. The predicted octanol–water partition coefficient (Wildman–Crippen LogP) is 2.44. The van der Waals surface area contributed by atoms with E-state index in [0.29, 0.717) is 6.61 Å². The van der Waals surface area contributed by atoms with Crippen molar-refractivity contribution >= 4 is 0 Å². The fraction of sp³-hybridized carbons (Fsp3) is 0.571. The van der Waals surface area contributed by atoms with Crippen molar-refractivity contribution in [2.45, 2.75) is 32.4 Å². The van der Waals surface area contributed by atoms with Crippen LogP contribution in [-0.4, -0.2) is 26.4 Å². The summed E-state index contributed by atoms with van der Waals surface area (Å²) in [7, 11) is 1.70. The van der Waals surface area contributed by atoms with E-state index in [4.69, 9.17) is 15.2 Å². The second-order valence-corrected chi connectivity index (χ2v) is 4.36. The second kappa shape index (κ2) is 7.43. The first-order chi connectivity index (χ1) is 8.15. The molecule has 3 heteroatoms. The number of methoxy groups -OCH3 is 1. The zero-order valence-corrected chi connectivity index (χ0v) is 11.0. The summed E-state index contributed by atoms with van der Waals surface area (Å²) in [5, 5.41) is 0. The fourth-order valence-electron chi connectivity index (χ4n) is 1.64. The summed E-state index contributed by atoms with van der Waals surface area (Å²) in [5.74, 6) is 0. The van der Waals surface area contributed by atoms with E-state index < -0.39 is 0 Å². The number of hydrogen-bond donors (Lipinski definition) is 1. The third kappa shape index (κ3) is 4.86. The van der Waals surface area contributed by atoms with E-state index in [0.717, 1.165) is 18.6 Å². The molecule has 17 heavy (non-hydrogen) atoms. The maximum absolute atomic E-state index is 6.15. The summed E-state index contributed by atoms with van der Waals surface area (Å²) < 4.78 is 10.7. The van der Waals surface area contributed by atoms with Gasteiger partial charge in [-0.1, -0.05) is 29.8 Å². The second-order valence-electron chi connectivity index (χ2n) is 4.36. The van der Waals surface area contributed by atoms with Crippen molar-refractivity contribution in [3.05, 3.63) is 35.4 Å². The third-order valence-electron chi connectivity index (χ3n) is 2.84. The highest BCUT2D eigenvalue weighted by molar-refractivity contribution is 5.24. The quantitative estimate of drug-likeness (QED) is 0.741. The Morgan fingerprint density at radius 1 is 1.18 bits per heavy atom. The van der Waals surface area contributed by atoms with Crippen LogP contribution in [0.15, 0.2) is 24.3 Å². The Hall–Kier alpha value is -0.900. The van der Waals surface area contributed by atoms with Crippen LogP contribution in [0.3, 0.4) is 0 Å². The SMILES string of the molecule is COCCCOC(C)C(N)c1ccc(C)cc1. The molecule has 0 aliphatic rings. The highest BCUT2D eigenvalue weighted by Crippen LogP contribution is 2.17. The van der Waals surface area contributed by atoms with E-state index in [2.05, 4.69) is 31.2 Å². The Morgan fingerprint density at radius 3 is 2.41 bits per heavy atom. The van der Waals surface area contributed by atoms with E-state index in [1.54, 1.807) is 7.11 Å². The molecule has 1 aromatic rings. The van der Waals surface area contributed by atoms with Gasteiger partial charge < -0.3 is 15.2 Å². The number of aryl methyl sites for hydroxylation is 1. The zero-order chi connectivity index (χ0) is 12.7. The van der Waals surface area contributed by atoms with Gasteiger partial charge in [0.25, 0.3) is 0 Å². The normalized spacial score (nSPS) is 14.6. The lowest BCUT2D eigenvalue weighted by Gasteiger charge is -2.21. The minimum atomic E-state index is -0.0712. The topological polar surface area (TPSA) is 44.5 Å². The Morgan fingerprint density at radius 2 is 1.82 bits per heavy atom. The molecule has 0 radical (unpaired) electrons. The minimum absolute atomic E-state index is 0.0227. The minimum Gasteiger partial charge on any atom is -0.385 e. The van der Waals surface area contributed by atoms with Crippen LogP contribution in [0.5, 0.6) is 0 Å². The van der Waals surface area contributed by atoms with Gasteiger partial charge >= 0.3 is 0 Å². The molecular formula is C14H23NO2.